The Morgan fingerprint density at radius 1 is 1.43 bits per heavy atom. The molecule has 0 saturated carbocycles. The number of nitro groups is 1. The Bertz CT molecular complexity index is 584. The van der Waals surface area contributed by atoms with Crippen molar-refractivity contribution in [3.63, 3.8) is 0 Å². The van der Waals surface area contributed by atoms with Crippen LogP contribution in [-0.2, 0) is 0 Å². The van der Waals surface area contributed by atoms with Gasteiger partial charge in [-0.3, -0.25) is 10.1 Å². The van der Waals surface area contributed by atoms with Gasteiger partial charge in [-0.15, -0.1) is 0 Å². The van der Waals surface area contributed by atoms with Crippen molar-refractivity contribution in [2.75, 3.05) is 11.9 Å². The summed E-state index contributed by atoms with van der Waals surface area (Å²) < 4.78 is 0. The lowest BCUT2D eigenvalue weighted by atomic mass is 9.97. The molecule has 0 unspecified atom stereocenters. The number of carboxylic acids is 1. The van der Waals surface area contributed by atoms with Crippen LogP contribution in [0.4, 0.5) is 11.5 Å². The molecule has 1 heterocycles. The van der Waals surface area contributed by atoms with E-state index in [1.807, 2.05) is 0 Å². The molecule has 112 valence electrons. The number of nitrogens with zero attached hydrogens (tertiary/aromatic N) is 2. The molecule has 0 radical (unpaired) electrons. The molecule has 0 saturated heterocycles. The molecule has 0 spiro atoms. The van der Waals surface area contributed by atoms with Crippen molar-refractivity contribution < 1.29 is 14.8 Å². The number of aromatic nitrogens is 1. The van der Waals surface area contributed by atoms with Crippen molar-refractivity contribution in [2.45, 2.75) is 32.1 Å². The summed E-state index contributed by atoms with van der Waals surface area (Å²) in [6.07, 6.45) is 7.54. The maximum absolute atomic E-state index is 10.9. The van der Waals surface area contributed by atoms with E-state index in [9.17, 15) is 14.9 Å². The molecule has 7 nitrogen and oxygen atoms in total. The zero-order valence-corrected chi connectivity index (χ0v) is 11.5. The minimum Gasteiger partial charge on any atom is -0.477 e. The SMILES string of the molecule is O=C(O)c1ccc([N+](=O)[O-])c(NCCC2=CCCCC2)n1. The molecule has 0 atom stereocenters. The molecule has 2 N–H and O–H groups in total. The minimum absolute atomic E-state index is 0.0105. The van der Waals surface area contributed by atoms with Crippen LogP contribution in [0.15, 0.2) is 23.8 Å². The van der Waals surface area contributed by atoms with E-state index >= 15 is 0 Å². The molecule has 1 aromatic heterocycles. The molecular weight excluding hydrogens is 274 g/mol. The zero-order valence-electron chi connectivity index (χ0n) is 11.5. The van der Waals surface area contributed by atoms with Gasteiger partial charge < -0.3 is 10.4 Å². The van der Waals surface area contributed by atoms with Crippen LogP contribution in [0.3, 0.4) is 0 Å². The predicted octanol–water partition coefficient (Wildman–Crippen LogP) is 2.99. The maximum Gasteiger partial charge on any atom is 0.354 e. The Morgan fingerprint density at radius 3 is 2.86 bits per heavy atom. The maximum atomic E-state index is 10.9. The summed E-state index contributed by atoms with van der Waals surface area (Å²) in [4.78, 5) is 25.1. The minimum atomic E-state index is -1.21. The van der Waals surface area contributed by atoms with Crippen molar-refractivity contribution in [3.05, 3.63) is 39.6 Å². The van der Waals surface area contributed by atoms with Crippen LogP contribution in [0.1, 0.15) is 42.6 Å². The predicted molar refractivity (Wildman–Crippen MR) is 77.5 cm³/mol. The lowest BCUT2D eigenvalue weighted by Crippen LogP contribution is -2.10. The van der Waals surface area contributed by atoms with Gasteiger partial charge >= 0.3 is 11.7 Å². The molecule has 21 heavy (non-hydrogen) atoms. The number of carbonyl (C=O) groups is 1. The summed E-state index contributed by atoms with van der Waals surface area (Å²) in [5.41, 5.74) is 0.920. The second kappa shape index (κ2) is 6.83. The molecule has 1 aliphatic carbocycles. The largest absolute Gasteiger partial charge is 0.477 e. The zero-order chi connectivity index (χ0) is 15.2. The molecule has 0 fully saturated rings. The first kappa shape index (κ1) is 15.0. The van der Waals surface area contributed by atoms with Crippen LogP contribution in [0.25, 0.3) is 0 Å². The Balaban J connectivity index is 2.06. The van der Waals surface area contributed by atoms with Gasteiger partial charge in [-0.1, -0.05) is 11.6 Å². The van der Waals surface area contributed by atoms with Gasteiger partial charge in [0, 0.05) is 12.6 Å². The van der Waals surface area contributed by atoms with Gasteiger partial charge in [0.1, 0.15) is 0 Å². The first-order valence-corrected chi connectivity index (χ1v) is 6.88. The van der Waals surface area contributed by atoms with Gasteiger partial charge in [0.15, 0.2) is 5.69 Å². The smallest absolute Gasteiger partial charge is 0.354 e. The number of allylic oxidation sites excluding steroid dienone is 1. The molecule has 0 aliphatic heterocycles. The second-order valence-corrected chi connectivity index (χ2v) is 4.91. The number of carboxylic acid groups (broad SMARTS) is 1. The number of aromatic carboxylic acids is 1. The van der Waals surface area contributed by atoms with Crippen molar-refractivity contribution in [3.8, 4) is 0 Å². The normalized spacial score (nSPS) is 14.4. The van der Waals surface area contributed by atoms with Crippen LogP contribution in [0.2, 0.25) is 0 Å². The first-order valence-electron chi connectivity index (χ1n) is 6.88. The average molecular weight is 291 g/mol. The monoisotopic (exact) mass is 291 g/mol. The van der Waals surface area contributed by atoms with E-state index in [0.717, 1.165) is 25.3 Å². The fourth-order valence-electron chi connectivity index (χ4n) is 2.32. The summed E-state index contributed by atoms with van der Waals surface area (Å²) in [6, 6.07) is 2.30. The molecule has 1 aliphatic rings. The van der Waals surface area contributed by atoms with Crippen molar-refractivity contribution >= 4 is 17.5 Å². The van der Waals surface area contributed by atoms with E-state index in [-0.39, 0.29) is 17.2 Å². The van der Waals surface area contributed by atoms with Crippen LogP contribution in [-0.4, -0.2) is 27.5 Å². The Morgan fingerprint density at radius 2 is 2.24 bits per heavy atom. The fourth-order valence-corrected chi connectivity index (χ4v) is 2.32. The number of hydrogen-bond acceptors (Lipinski definition) is 5. The Labute approximate surface area is 121 Å². The summed E-state index contributed by atoms with van der Waals surface area (Å²) in [5, 5.41) is 22.7. The molecular formula is C14H17N3O4. The van der Waals surface area contributed by atoms with Crippen LogP contribution in [0, 0.1) is 10.1 Å². The highest BCUT2D eigenvalue weighted by molar-refractivity contribution is 5.86. The summed E-state index contributed by atoms with van der Waals surface area (Å²) >= 11 is 0. The van der Waals surface area contributed by atoms with E-state index < -0.39 is 10.9 Å². The third-order valence-corrected chi connectivity index (χ3v) is 3.41. The summed E-state index contributed by atoms with van der Waals surface area (Å²) in [7, 11) is 0. The average Bonchev–Trinajstić information content (AvgIpc) is 2.48. The lowest BCUT2D eigenvalue weighted by Gasteiger charge is -2.13. The molecule has 0 aromatic carbocycles. The number of nitrogens with one attached hydrogen (secondary N) is 1. The highest BCUT2D eigenvalue weighted by Crippen LogP contribution is 2.24. The molecule has 0 bridgehead atoms. The molecule has 1 aromatic rings. The molecule has 2 rings (SSSR count). The van der Waals surface area contributed by atoms with Gasteiger partial charge in [-0.25, -0.2) is 9.78 Å². The second-order valence-electron chi connectivity index (χ2n) is 4.91. The quantitative estimate of drug-likeness (QED) is 0.474. The number of rotatable bonds is 6. The number of anilines is 1. The topological polar surface area (TPSA) is 105 Å². The third kappa shape index (κ3) is 4.01. The Kier molecular flexibility index (Phi) is 4.86. The van der Waals surface area contributed by atoms with E-state index in [0.29, 0.717) is 6.54 Å². The van der Waals surface area contributed by atoms with Crippen molar-refractivity contribution in [1.82, 2.24) is 4.98 Å². The van der Waals surface area contributed by atoms with Gasteiger partial charge in [0.25, 0.3) is 0 Å². The van der Waals surface area contributed by atoms with Crippen molar-refractivity contribution in [2.24, 2.45) is 0 Å². The fraction of sp³-hybridized carbons (Fsp3) is 0.429. The van der Waals surface area contributed by atoms with E-state index in [2.05, 4.69) is 16.4 Å². The van der Waals surface area contributed by atoms with Crippen LogP contribution in [0.5, 0.6) is 0 Å². The number of pyridine rings is 1. The van der Waals surface area contributed by atoms with E-state index in [1.165, 1.54) is 24.5 Å². The van der Waals surface area contributed by atoms with Gasteiger partial charge in [-0.05, 0) is 38.2 Å². The highest BCUT2D eigenvalue weighted by Gasteiger charge is 2.18. The molecule has 7 heteroatoms. The summed E-state index contributed by atoms with van der Waals surface area (Å²) in [6.45, 7) is 0.503. The van der Waals surface area contributed by atoms with E-state index in [1.54, 1.807) is 0 Å². The van der Waals surface area contributed by atoms with Crippen LogP contribution < -0.4 is 5.32 Å². The molecule has 0 amide bonds. The number of hydrogen-bond donors (Lipinski definition) is 2. The van der Waals surface area contributed by atoms with Gasteiger partial charge in [-0.2, -0.15) is 0 Å². The lowest BCUT2D eigenvalue weighted by molar-refractivity contribution is -0.384. The van der Waals surface area contributed by atoms with Crippen molar-refractivity contribution in [1.29, 1.82) is 0 Å². The third-order valence-electron chi connectivity index (χ3n) is 3.41. The summed E-state index contributed by atoms with van der Waals surface area (Å²) in [5.74, 6) is -1.20. The van der Waals surface area contributed by atoms with E-state index in [4.69, 9.17) is 5.11 Å². The Hall–Kier alpha value is -2.44. The van der Waals surface area contributed by atoms with Gasteiger partial charge in [0.2, 0.25) is 5.82 Å². The van der Waals surface area contributed by atoms with Gasteiger partial charge in [0.05, 0.1) is 4.92 Å². The first-order chi connectivity index (χ1) is 10.1. The standard InChI is InChI=1S/C14H17N3O4/c18-14(19)11-6-7-12(17(20)21)13(16-11)15-9-8-10-4-2-1-3-5-10/h4,6-7H,1-3,5,8-9H2,(H,15,16)(H,18,19). The highest BCUT2D eigenvalue weighted by atomic mass is 16.6. The van der Waals surface area contributed by atoms with Crippen LogP contribution >= 0.6 is 0 Å².